The molecule has 1 atom stereocenters. The maximum Gasteiger partial charge on any atom is 0.245 e. The number of carbonyl (C=O) groups excluding carboxylic acids is 1. The monoisotopic (exact) mass is 353 g/mol. The van der Waals surface area contributed by atoms with E-state index in [2.05, 4.69) is 12.1 Å². The molecule has 2 aromatic carbocycles. The number of carbonyl (C=O) groups is 1. The first kappa shape index (κ1) is 17.3. The molecule has 3 rings (SSSR count). The summed E-state index contributed by atoms with van der Waals surface area (Å²) in [5, 5.41) is -0.702. The lowest BCUT2D eigenvalue weighted by molar-refractivity contribution is -0.131. The third kappa shape index (κ3) is 4.74. The van der Waals surface area contributed by atoms with E-state index in [4.69, 9.17) is 16.0 Å². The Morgan fingerprint density at radius 3 is 2.28 bits per heavy atom. The second-order valence-corrected chi connectivity index (χ2v) is 6.28. The van der Waals surface area contributed by atoms with Crippen LogP contribution in [0.2, 0.25) is 0 Å². The van der Waals surface area contributed by atoms with E-state index in [1.807, 2.05) is 60.7 Å². The lowest BCUT2D eigenvalue weighted by Gasteiger charge is -2.24. The summed E-state index contributed by atoms with van der Waals surface area (Å²) in [7, 11) is 0. The minimum atomic E-state index is -0.702. The van der Waals surface area contributed by atoms with E-state index in [1.165, 1.54) is 5.56 Å². The second-order valence-electron chi connectivity index (χ2n) is 5.85. The summed E-state index contributed by atoms with van der Waals surface area (Å²) in [5.41, 5.74) is 1.99. The van der Waals surface area contributed by atoms with Gasteiger partial charge in [0, 0.05) is 6.54 Å². The highest BCUT2D eigenvalue weighted by atomic mass is 35.5. The van der Waals surface area contributed by atoms with E-state index in [-0.39, 0.29) is 5.91 Å². The van der Waals surface area contributed by atoms with Crippen molar-refractivity contribution in [2.24, 2.45) is 0 Å². The van der Waals surface area contributed by atoms with Crippen LogP contribution in [0.1, 0.15) is 22.3 Å². The van der Waals surface area contributed by atoms with Crippen LogP contribution >= 0.6 is 11.6 Å². The van der Waals surface area contributed by atoms with Crippen LogP contribution in [0.15, 0.2) is 83.5 Å². The number of rotatable bonds is 7. The van der Waals surface area contributed by atoms with E-state index >= 15 is 0 Å². The van der Waals surface area contributed by atoms with Gasteiger partial charge in [-0.15, -0.1) is 11.6 Å². The van der Waals surface area contributed by atoms with E-state index in [0.717, 1.165) is 17.7 Å². The number of furan rings is 1. The van der Waals surface area contributed by atoms with Crippen LogP contribution in [0.25, 0.3) is 0 Å². The molecule has 0 spiro atoms. The second kappa shape index (κ2) is 8.54. The third-order valence-electron chi connectivity index (χ3n) is 4.06. The molecule has 1 amide bonds. The topological polar surface area (TPSA) is 33.5 Å². The molecule has 25 heavy (non-hydrogen) atoms. The van der Waals surface area contributed by atoms with Crippen molar-refractivity contribution in [3.8, 4) is 0 Å². The highest BCUT2D eigenvalue weighted by Gasteiger charge is 2.24. The maximum atomic E-state index is 12.9. The van der Waals surface area contributed by atoms with Crippen LogP contribution in [0, 0.1) is 0 Å². The summed E-state index contributed by atoms with van der Waals surface area (Å²) in [6.45, 7) is 0.994. The zero-order valence-electron chi connectivity index (χ0n) is 13.8. The van der Waals surface area contributed by atoms with E-state index in [9.17, 15) is 4.79 Å². The van der Waals surface area contributed by atoms with Crippen molar-refractivity contribution in [3.05, 3.63) is 95.9 Å². The minimum Gasteiger partial charge on any atom is -0.467 e. The standard InChI is InChI=1S/C21H20ClNO2/c22-20(18-10-5-2-6-11-18)21(24)23(16-19-12-7-15-25-19)14-13-17-8-3-1-4-9-17/h1-12,15,20H,13-14,16H2/t20-/m1/s1. The van der Waals surface area contributed by atoms with Crippen LogP contribution in [0.5, 0.6) is 0 Å². The average molecular weight is 354 g/mol. The molecule has 1 aromatic heterocycles. The number of nitrogens with zero attached hydrogens (tertiary/aromatic N) is 1. The zero-order valence-corrected chi connectivity index (χ0v) is 14.6. The van der Waals surface area contributed by atoms with Crippen molar-refractivity contribution in [1.29, 1.82) is 0 Å². The number of halogens is 1. The Kier molecular flexibility index (Phi) is 5.91. The highest BCUT2D eigenvalue weighted by Crippen LogP contribution is 2.24. The maximum absolute atomic E-state index is 12.9. The van der Waals surface area contributed by atoms with Gasteiger partial charge in [0.05, 0.1) is 12.8 Å². The molecule has 0 aliphatic carbocycles. The Morgan fingerprint density at radius 1 is 0.960 bits per heavy atom. The fourth-order valence-electron chi connectivity index (χ4n) is 2.69. The Hall–Kier alpha value is -2.52. The van der Waals surface area contributed by atoms with Gasteiger partial charge in [0.25, 0.3) is 0 Å². The Balaban J connectivity index is 1.74. The van der Waals surface area contributed by atoms with Crippen LogP contribution in [0.4, 0.5) is 0 Å². The molecule has 0 saturated heterocycles. The van der Waals surface area contributed by atoms with Gasteiger partial charge in [0.2, 0.25) is 5.91 Å². The lowest BCUT2D eigenvalue weighted by Crippen LogP contribution is -2.34. The van der Waals surface area contributed by atoms with Gasteiger partial charge >= 0.3 is 0 Å². The lowest BCUT2D eigenvalue weighted by atomic mass is 10.1. The third-order valence-corrected chi connectivity index (χ3v) is 4.50. The van der Waals surface area contributed by atoms with Gasteiger partial charge in [0.1, 0.15) is 11.1 Å². The first-order valence-electron chi connectivity index (χ1n) is 8.28. The van der Waals surface area contributed by atoms with Gasteiger partial charge in [0.15, 0.2) is 0 Å². The zero-order chi connectivity index (χ0) is 17.5. The van der Waals surface area contributed by atoms with E-state index in [0.29, 0.717) is 13.1 Å². The van der Waals surface area contributed by atoms with Crippen LogP contribution in [-0.2, 0) is 17.8 Å². The van der Waals surface area contributed by atoms with Crippen molar-refractivity contribution in [1.82, 2.24) is 4.90 Å². The average Bonchev–Trinajstić information content (AvgIpc) is 3.18. The predicted molar refractivity (Wildman–Crippen MR) is 99.3 cm³/mol. The quantitative estimate of drug-likeness (QED) is 0.570. The molecule has 0 unspecified atom stereocenters. The molecule has 0 N–H and O–H groups in total. The molecule has 0 radical (unpaired) electrons. The number of alkyl halides is 1. The summed E-state index contributed by atoms with van der Waals surface area (Å²) >= 11 is 6.45. The minimum absolute atomic E-state index is 0.111. The largest absolute Gasteiger partial charge is 0.467 e. The van der Waals surface area contributed by atoms with Crippen molar-refractivity contribution in [2.75, 3.05) is 6.54 Å². The first-order chi connectivity index (χ1) is 12.2. The molecule has 3 nitrogen and oxygen atoms in total. The first-order valence-corrected chi connectivity index (χ1v) is 8.72. The molecule has 1 heterocycles. The van der Waals surface area contributed by atoms with Gasteiger partial charge < -0.3 is 9.32 Å². The number of amides is 1. The molecular formula is C21H20ClNO2. The fourth-order valence-corrected chi connectivity index (χ4v) is 2.97. The van der Waals surface area contributed by atoms with Gasteiger partial charge in [-0.2, -0.15) is 0 Å². The molecule has 4 heteroatoms. The number of benzene rings is 2. The smallest absolute Gasteiger partial charge is 0.245 e. The van der Waals surface area contributed by atoms with Crippen molar-refractivity contribution in [2.45, 2.75) is 18.3 Å². The van der Waals surface area contributed by atoms with Gasteiger partial charge in [-0.05, 0) is 29.7 Å². The van der Waals surface area contributed by atoms with Crippen LogP contribution in [0.3, 0.4) is 0 Å². The SMILES string of the molecule is O=C([C@H](Cl)c1ccccc1)N(CCc1ccccc1)Cc1ccco1. The van der Waals surface area contributed by atoms with Crippen molar-refractivity contribution in [3.63, 3.8) is 0 Å². The van der Waals surface area contributed by atoms with E-state index in [1.54, 1.807) is 11.2 Å². The Bertz CT molecular complexity index is 772. The summed E-state index contributed by atoms with van der Waals surface area (Å²) < 4.78 is 5.41. The van der Waals surface area contributed by atoms with Gasteiger partial charge in [-0.3, -0.25) is 4.79 Å². The summed E-state index contributed by atoms with van der Waals surface area (Å²) in [5.74, 6) is 0.638. The summed E-state index contributed by atoms with van der Waals surface area (Å²) in [6, 6.07) is 23.2. The predicted octanol–water partition coefficient (Wildman–Crippen LogP) is 4.83. The number of hydrogen-bond donors (Lipinski definition) is 0. The van der Waals surface area contributed by atoms with Gasteiger partial charge in [-0.25, -0.2) is 0 Å². The van der Waals surface area contributed by atoms with Crippen molar-refractivity contribution < 1.29 is 9.21 Å². The van der Waals surface area contributed by atoms with E-state index < -0.39 is 5.38 Å². The molecule has 0 bridgehead atoms. The van der Waals surface area contributed by atoms with Crippen molar-refractivity contribution >= 4 is 17.5 Å². The molecule has 3 aromatic rings. The summed E-state index contributed by atoms with van der Waals surface area (Å²) in [6.07, 6.45) is 2.39. The molecule has 128 valence electrons. The fraction of sp³-hybridized carbons (Fsp3) is 0.190. The normalized spacial score (nSPS) is 11.9. The number of hydrogen-bond acceptors (Lipinski definition) is 2. The van der Waals surface area contributed by atoms with Gasteiger partial charge in [-0.1, -0.05) is 60.7 Å². The Labute approximate surface area is 152 Å². The van der Waals surface area contributed by atoms with Crippen LogP contribution in [-0.4, -0.2) is 17.4 Å². The molecule has 0 aliphatic heterocycles. The molecule has 0 fully saturated rings. The summed E-state index contributed by atoms with van der Waals surface area (Å²) in [4.78, 5) is 14.7. The molecule has 0 aliphatic rings. The Morgan fingerprint density at radius 2 is 1.64 bits per heavy atom. The highest BCUT2D eigenvalue weighted by molar-refractivity contribution is 6.30. The molecular weight excluding hydrogens is 334 g/mol. The molecule has 0 saturated carbocycles. The van der Waals surface area contributed by atoms with Crippen LogP contribution < -0.4 is 0 Å².